The third kappa shape index (κ3) is 31.5. The van der Waals surface area contributed by atoms with E-state index < -0.39 is 32.5 Å². The maximum atomic E-state index is 12.2. The quantitative estimate of drug-likeness (QED) is 0.0269. The maximum Gasteiger partial charge on any atom is 0.469 e. The Hall–Kier alpha value is -1.47. The second kappa shape index (κ2) is 29.6. The fraction of sp³-hybridized carbons (Fsp3) is 0.818. The molecular formula is C33H61O8P. The number of carbonyl (C=O) groups is 2. The van der Waals surface area contributed by atoms with Crippen molar-refractivity contribution in [2.75, 3.05) is 13.2 Å². The van der Waals surface area contributed by atoms with E-state index in [4.69, 9.17) is 19.3 Å². The van der Waals surface area contributed by atoms with E-state index in [-0.39, 0.29) is 13.0 Å². The number of carbonyl (C=O) groups excluding carboxylic acids is 2. The summed E-state index contributed by atoms with van der Waals surface area (Å²) in [6.45, 7) is 3.54. The van der Waals surface area contributed by atoms with Gasteiger partial charge in [0.05, 0.1) is 6.61 Å². The summed E-state index contributed by atoms with van der Waals surface area (Å²) < 4.78 is 26.0. The lowest BCUT2D eigenvalue weighted by molar-refractivity contribution is -0.157. The highest BCUT2D eigenvalue weighted by molar-refractivity contribution is 7.46. The molecule has 0 aliphatic rings. The normalized spacial score (nSPS) is 12.8. The van der Waals surface area contributed by atoms with E-state index in [1.807, 2.05) is 6.08 Å². The first kappa shape index (κ1) is 40.5. The predicted octanol–water partition coefficient (Wildman–Crippen LogP) is 9.29. The predicted molar refractivity (Wildman–Crippen MR) is 170 cm³/mol. The molecule has 0 radical (unpaired) electrons. The van der Waals surface area contributed by atoms with Crippen molar-refractivity contribution in [1.82, 2.24) is 0 Å². The van der Waals surface area contributed by atoms with E-state index in [0.29, 0.717) is 6.42 Å². The van der Waals surface area contributed by atoms with Crippen molar-refractivity contribution in [3.8, 4) is 0 Å². The zero-order valence-corrected chi connectivity index (χ0v) is 27.5. The van der Waals surface area contributed by atoms with E-state index >= 15 is 0 Å². The Labute approximate surface area is 256 Å². The third-order valence-corrected chi connectivity index (χ3v) is 7.57. The van der Waals surface area contributed by atoms with E-state index in [2.05, 4.69) is 18.4 Å². The van der Waals surface area contributed by atoms with Gasteiger partial charge in [-0.1, -0.05) is 148 Å². The molecule has 9 heteroatoms. The van der Waals surface area contributed by atoms with Crippen LogP contribution in [-0.2, 0) is 28.2 Å². The Bertz CT molecular complexity index is 746. The average molecular weight is 617 g/mol. The fourth-order valence-electron chi connectivity index (χ4n) is 4.57. The van der Waals surface area contributed by atoms with Gasteiger partial charge in [0.15, 0.2) is 6.10 Å². The van der Waals surface area contributed by atoms with Gasteiger partial charge >= 0.3 is 19.8 Å². The van der Waals surface area contributed by atoms with Crippen LogP contribution in [0.1, 0.15) is 155 Å². The molecule has 0 aliphatic carbocycles. The first-order valence-electron chi connectivity index (χ1n) is 16.7. The molecule has 0 bridgehead atoms. The van der Waals surface area contributed by atoms with Crippen molar-refractivity contribution < 1.29 is 37.9 Å². The van der Waals surface area contributed by atoms with Crippen LogP contribution < -0.4 is 0 Å². The van der Waals surface area contributed by atoms with Crippen LogP contribution in [0.3, 0.4) is 0 Å². The Kier molecular flexibility index (Phi) is 28.6. The molecule has 0 saturated heterocycles. The van der Waals surface area contributed by atoms with Crippen LogP contribution in [0.5, 0.6) is 0 Å². The van der Waals surface area contributed by atoms with Crippen LogP contribution >= 0.6 is 7.82 Å². The van der Waals surface area contributed by atoms with Gasteiger partial charge in [-0.2, -0.15) is 0 Å². The monoisotopic (exact) mass is 616 g/mol. The van der Waals surface area contributed by atoms with Crippen LogP contribution in [0.15, 0.2) is 24.3 Å². The molecule has 246 valence electrons. The highest BCUT2D eigenvalue weighted by atomic mass is 31.2. The van der Waals surface area contributed by atoms with Crippen molar-refractivity contribution in [3.05, 3.63) is 24.3 Å². The Morgan fingerprint density at radius 3 is 1.64 bits per heavy atom. The SMILES string of the molecule is CCCCCCCCCCCCC/C=C/C=C/C(=O)O[C@H](COC(=O)CCCCCCCCCCC)COP(=O)(O)O. The largest absolute Gasteiger partial charge is 0.469 e. The zero-order valence-electron chi connectivity index (χ0n) is 26.6. The summed E-state index contributed by atoms with van der Waals surface area (Å²) in [5.41, 5.74) is 0. The van der Waals surface area contributed by atoms with Crippen LogP contribution in [-0.4, -0.2) is 41.0 Å². The van der Waals surface area contributed by atoms with Crippen molar-refractivity contribution >= 4 is 19.8 Å². The second-order valence-corrected chi connectivity index (χ2v) is 12.5. The number of esters is 2. The lowest BCUT2D eigenvalue weighted by Crippen LogP contribution is -2.29. The molecule has 0 fully saturated rings. The van der Waals surface area contributed by atoms with Crippen LogP contribution in [0.25, 0.3) is 0 Å². The first-order chi connectivity index (χ1) is 20.3. The molecule has 0 spiro atoms. The van der Waals surface area contributed by atoms with Crippen molar-refractivity contribution in [3.63, 3.8) is 0 Å². The Balaban J connectivity index is 4.13. The van der Waals surface area contributed by atoms with E-state index in [9.17, 15) is 14.2 Å². The molecule has 2 N–H and O–H groups in total. The molecule has 0 amide bonds. The zero-order chi connectivity index (χ0) is 31.2. The molecule has 0 aromatic heterocycles. The summed E-state index contributed by atoms with van der Waals surface area (Å²) in [5, 5.41) is 0. The minimum Gasteiger partial charge on any atom is -0.462 e. The number of unbranched alkanes of at least 4 members (excludes halogenated alkanes) is 19. The number of rotatable bonds is 30. The van der Waals surface area contributed by atoms with Crippen molar-refractivity contribution in [1.29, 1.82) is 0 Å². The molecule has 0 aliphatic heterocycles. The summed E-state index contributed by atoms with van der Waals surface area (Å²) in [6.07, 6.45) is 31.1. The fourth-order valence-corrected chi connectivity index (χ4v) is 4.93. The molecule has 0 unspecified atom stereocenters. The van der Waals surface area contributed by atoms with E-state index in [1.54, 1.807) is 12.2 Å². The van der Waals surface area contributed by atoms with Crippen LogP contribution in [0, 0.1) is 0 Å². The number of phosphoric acid groups is 1. The van der Waals surface area contributed by atoms with E-state index in [0.717, 1.165) is 25.7 Å². The topological polar surface area (TPSA) is 119 Å². The second-order valence-electron chi connectivity index (χ2n) is 11.2. The van der Waals surface area contributed by atoms with E-state index in [1.165, 1.54) is 109 Å². The molecule has 0 aromatic carbocycles. The molecule has 1 atom stereocenters. The smallest absolute Gasteiger partial charge is 0.462 e. The summed E-state index contributed by atoms with van der Waals surface area (Å²) >= 11 is 0. The molecular weight excluding hydrogens is 555 g/mol. The molecule has 8 nitrogen and oxygen atoms in total. The van der Waals surface area contributed by atoms with Gasteiger partial charge in [0.2, 0.25) is 0 Å². The summed E-state index contributed by atoms with van der Waals surface area (Å²) in [4.78, 5) is 42.3. The molecule has 0 saturated carbocycles. The molecule has 0 rings (SSSR count). The number of hydrogen-bond donors (Lipinski definition) is 2. The molecule has 0 heterocycles. The van der Waals surface area contributed by atoms with Crippen molar-refractivity contribution in [2.24, 2.45) is 0 Å². The maximum absolute atomic E-state index is 12.2. The molecule has 0 aromatic rings. The summed E-state index contributed by atoms with van der Waals surface area (Å²) in [6, 6.07) is 0. The molecule has 42 heavy (non-hydrogen) atoms. The number of phosphoric ester groups is 1. The van der Waals surface area contributed by atoms with Crippen molar-refractivity contribution in [2.45, 2.75) is 161 Å². The Morgan fingerprint density at radius 2 is 1.14 bits per heavy atom. The van der Waals surface area contributed by atoms with Gasteiger partial charge in [-0.05, 0) is 19.3 Å². The average Bonchev–Trinajstić information content (AvgIpc) is 2.95. The van der Waals surface area contributed by atoms with Gasteiger partial charge in [-0.15, -0.1) is 0 Å². The van der Waals surface area contributed by atoms with Crippen LogP contribution in [0.2, 0.25) is 0 Å². The minimum absolute atomic E-state index is 0.250. The van der Waals surface area contributed by atoms with Gasteiger partial charge in [-0.25, -0.2) is 9.36 Å². The van der Waals surface area contributed by atoms with Gasteiger partial charge in [0.25, 0.3) is 0 Å². The Morgan fingerprint density at radius 1 is 0.667 bits per heavy atom. The van der Waals surface area contributed by atoms with Gasteiger partial charge in [0.1, 0.15) is 6.61 Å². The highest BCUT2D eigenvalue weighted by Gasteiger charge is 2.22. The third-order valence-electron chi connectivity index (χ3n) is 7.08. The first-order valence-corrected chi connectivity index (χ1v) is 18.2. The number of allylic oxidation sites excluding steroid dienone is 3. The lowest BCUT2D eigenvalue weighted by atomic mass is 10.1. The van der Waals surface area contributed by atoms with Gasteiger partial charge in [0, 0.05) is 12.5 Å². The summed E-state index contributed by atoms with van der Waals surface area (Å²) in [5.74, 6) is -1.14. The van der Waals surface area contributed by atoms with Gasteiger partial charge in [-0.3, -0.25) is 9.32 Å². The van der Waals surface area contributed by atoms with Crippen LogP contribution in [0.4, 0.5) is 0 Å². The number of hydrogen-bond acceptors (Lipinski definition) is 6. The minimum atomic E-state index is -4.76. The standard InChI is InChI=1S/C33H61O8P/c1-3-5-7-9-11-13-14-15-16-17-18-20-22-24-26-28-33(35)41-31(30-40-42(36,37)38)29-39-32(34)27-25-23-21-19-12-10-8-6-4-2/h22,24,26,28,31H,3-21,23,25,27,29-30H2,1-2H3,(H2,36,37,38)/b24-22+,28-26+/t31-/m1/s1. The summed E-state index contributed by atoms with van der Waals surface area (Å²) in [7, 11) is -4.76. The van der Waals surface area contributed by atoms with Gasteiger partial charge < -0.3 is 19.3 Å². The number of ether oxygens (including phenoxy) is 2. The highest BCUT2D eigenvalue weighted by Crippen LogP contribution is 2.35. The lowest BCUT2D eigenvalue weighted by Gasteiger charge is -2.17.